The average Bonchev–Trinajstić information content (AvgIpc) is 3.27. The van der Waals surface area contributed by atoms with E-state index < -0.39 is 0 Å². The van der Waals surface area contributed by atoms with E-state index in [1.807, 2.05) is 60.6 Å². The zero-order chi connectivity index (χ0) is 19.9. The zero-order valence-corrected chi connectivity index (χ0v) is 18.2. The van der Waals surface area contributed by atoms with Gasteiger partial charge in [0.15, 0.2) is 0 Å². The molecule has 4 nitrogen and oxygen atoms in total. The average molecular weight is 417 g/mol. The van der Waals surface area contributed by atoms with Gasteiger partial charge in [-0.25, -0.2) is 0 Å². The number of rotatable bonds is 7. The topological polar surface area (TPSA) is 49.4 Å². The molecule has 1 fully saturated rings. The van der Waals surface area contributed by atoms with E-state index in [-0.39, 0.29) is 17.9 Å². The van der Waals surface area contributed by atoms with E-state index in [0.717, 1.165) is 22.6 Å². The van der Waals surface area contributed by atoms with Gasteiger partial charge >= 0.3 is 0 Å². The number of hydrogen-bond acceptors (Lipinski definition) is 4. The minimum absolute atomic E-state index is 0.0374. The van der Waals surface area contributed by atoms with Crippen molar-refractivity contribution in [2.75, 3.05) is 12.8 Å². The van der Waals surface area contributed by atoms with Crippen LogP contribution >= 0.6 is 23.1 Å². The molecule has 0 unspecified atom stereocenters. The Labute approximate surface area is 175 Å². The Kier molecular flexibility index (Phi) is 7.57. The summed E-state index contributed by atoms with van der Waals surface area (Å²) in [6.07, 6.45) is 5.90. The van der Waals surface area contributed by atoms with Gasteiger partial charge in [0.1, 0.15) is 0 Å². The van der Waals surface area contributed by atoms with Crippen molar-refractivity contribution in [2.24, 2.45) is 0 Å². The fraction of sp³-hybridized carbons (Fsp3) is 0.455. The minimum atomic E-state index is -0.0999. The van der Waals surface area contributed by atoms with Gasteiger partial charge in [-0.05, 0) is 43.3 Å². The first-order valence-corrected chi connectivity index (χ1v) is 11.7. The van der Waals surface area contributed by atoms with E-state index in [2.05, 4.69) is 5.32 Å². The van der Waals surface area contributed by atoms with Crippen molar-refractivity contribution in [1.82, 2.24) is 10.2 Å². The predicted octanol–water partition coefficient (Wildman–Crippen LogP) is 5.12. The molecule has 1 heterocycles. The molecule has 0 aliphatic heterocycles. The Morgan fingerprint density at radius 1 is 1.18 bits per heavy atom. The van der Waals surface area contributed by atoms with Crippen LogP contribution in [0.15, 0.2) is 46.7 Å². The highest BCUT2D eigenvalue weighted by molar-refractivity contribution is 8.00. The normalized spacial score (nSPS) is 15.8. The van der Waals surface area contributed by atoms with Crippen molar-refractivity contribution in [3.05, 3.63) is 52.2 Å². The first kappa shape index (κ1) is 20.9. The van der Waals surface area contributed by atoms with Crippen LogP contribution in [0, 0.1) is 0 Å². The second-order valence-electron chi connectivity index (χ2n) is 7.29. The Hall–Kier alpha value is -1.79. The third-order valence-corrected chi connectivity index (χ3v) is 7.43. The van der Waals surface area contributed by atoms with Gasteiger partial charge in [-0.1, -0.05) is 37.5 Å². The Morgan fingerprint density at radius 3 is 2.64 bits per heavy atom. The maximum absolute atomic E-state index is 12.8. The summed E-state index contributed by atoms with van der Waals surface area (Å²) in [6, 6.07) is 11.9. The van der Waals surface area contributed by atoms with Crippen molar-refractivity contribution in [3.8, 4) is 0 Å². The summed E-state index contributed by atoms with van der Waals surface area (Å²) in [5, 5.41) is 5.07. The van der Waals surface area contributed by atoms with E-state index in [1.54, 1.807) is 11.3 Å². The molecule has 6 heteroatoms. The number of carbonyl (C=O) groups is 2. The van der Waals surface area contributed by atoms with Crippen LogP contribution in [-0.2, 0) is 4.79 Å². The molecular formula is C22H28N2O2S2. The second-order valence-corrected chi connectivity index (χ2v) is 9.29. The molecule has 0 radical (unpaired) electrons. The molecule has 1 N–H and O–H groups in total. The number of hydrogen-bond donors (Lipinski definition) is 1. The number of nitrogens with one attached hydrogen (secondary N) is 1. The molecule has 150 valence electrons. The molecule has 0 spiro atoms. The van der Waals surface area contributed by atoms with Gasteiger partial charge in [0.05, 0.1) is 17.4 Å². The highest BCUT2D eigenvalue weighted by Crippen LogP contribution is 2.26. The standard InChI is InChI=1S/C22H28N2O2S2/c1-16(19-13-8-14-27-19)23-22(26)18-11-6-7-12-20(18)28-15-21(25)24(2)17-9-4-3-5-10-17/h6-8,11-14,16-17H,3-5,9-10,15H2,1-2H3,(H,23,26)/t16-/m1/s1. The van der Waals surface area contributed by atoms with Crippen LogP contribution in [-0.4, -0.2) is 35.6 Å². The largest absolute Gasteiger partial charge is 0.345 e. The van der Waals surface area contributed by atoms with Crippen LogP contribution < -0.4 is 5.32 Å². The summed E-state index contributed by atoms with van der Waals surface area (Å²) in [4.78, 5) is 29.3. The van der Waals surface area contributed by atoms with Crippen LogP contribution in [0.3, 0.4) is 0 Å². The van der Waals surface area contributed by atoms with E-state index in [1.165, 1.54) is 31.0 Å². The van der Waals surface area contributed by atoms with Gasteiger partial charge in [0, 0.05) is 22.9 Å². The van der Waals surface area contributed by atoms with Crippen molar-refractivity contribution >= 4 is 34.9 Å². The predicted molar refractivity (Wildman–Crippen MR) is 117 cm³/mol. The molecule has 1 aromatic heterocycles. The monoisotopic (exact) mass is 416 g/mol. The molecule has 1 saturated carbocycles. The van der Waals surface area contributed by atoms with Crippen molar-refractivity contribution in [1.29, 1.82) is 0 Å². The number of carbonyl (C=O) groups excluding carboxylic acids is 2. The number of benzene rings is 1. The molecule has 2 amide bonds. The number of thiophene rings is 1. The molecule has 1 aromatic carbocycles. The molecule has 0 saturated heterocycles. The number of nitrogens with zero attached hydrogens (tertiary/aromatic N) is 1. The van der Waals surface area contributed by atoms with Crippen LogP contribution in [0.5, 0.6) is 0 Å². The van der Waals surface area contributed by atoms with Crippen molar-refractivity contribution in [3.63, 3.8) is 0 Å². The maximum Gasteiger partial charge on any atom is 0.252 e. The lowest BCUT2D eigenvalue weighted by atomic mass is 9.94. The van der Waals surface area contributed by atoms with Gasteiger partial charge in [-0.3, -0.25) is 9.59 Å². The molecule has 28 heavy (non-hydrogen) atoms. The Morgan fingerprint density at radius 2 is 1.93 bits per heavy atom. The third-order valence-electron chi connectivity index (χ3n) is 5.32. The van der Waals surface area contributed by atoms with Crippen molar-refractivity contribution < 1.29 is 9.59 Å². The molecular weight excluding hydrogens is 388 g/mol. The maximum atomic E-state index is 12.8. The Balaban J connectivity index is 1.60. The summed E-state index contributed by atoms with van der Waals surface area (Å²) in [7, 11) is 1.92. The number of thioether (sulfide) groups is 1. The Bertz CT molecular complexity index is 786. The van der Waals surface area contributed by atoms with Crippen LogP contribution in [0.4, 0.5) is 0 Å². The lowest BCUT2D eigenvalue weighted by Crippen LogP contribution is -2.39. The van der Waals surface area contributed by atoms with Gasteiger partial charge in [-0.2, -0.15) is 0 Å². The lowest BCUT2D eigenvalue weighted by Gasteiger charge is -2.31. The van der Waals surface area contributed by atoms with Crippen LogP contribution in [0.1, 0.15) is 60.3 Å². The summed E-state index contributed by atoms with van der Waals surface area (Å²) in [5.41, 5.74) is 0.629. The fourth-order valence-corrected chi connectivity index (χ4v) is 5.28. The molecule has 1 atom stereocenters. The number of amides is 2. The molecule has 3 rings (SSSR count). The van der Waals surface area contributed by atoms with E-state index in [9.17, 15) is 9.59 Å². The van der Waals surface area contributed by atoms with Gasteiger partial charge in [0.2, 0.25) is 5.91 Å². The van der Waals surface area contributed by atoms with Gasteiger partial charge in [0.25, 0.3) is 5.91 Å². The van der Waals surface area contributed by atoms with Gasteiger partial charge < -0.3 is 10.2 Å². The quantitative estimate of drug-likeness (QED) is 0.637. The van der Waals surface area contributed by atoms with Gasteiger partial charge in [-0.15, -0.1) is 23.1 Å². The van der Waals surface area contributed by atoms with E-state index >= 15 is 0 Å². The van der Waals surface area contributed by atoms with Crippen LogP contribution in [0.2, 0.25) is 0 Å². The van der Waals surface area contributed by atoms with E-state index in [0.29, 0.717) is 17.4 Å². The summed E-state index contributed by atoms with van der Waals surface area (Å²) < 4.78 is 0. The highest BCUT2D eigenvalue weighted by Gasteiger charge is 2.22. The SMILES string of the molecule is C[C@@H](NC(=O)c1ccccc1SCC(=O)N(C)C1CCCCC1)c1cccs1. The second kappa shape index (κ2) is 10.1. The smallest absolute Gasteiger partial charge is 0.252 e. The fourth-order valence-electron chi connectivity index (χ4n) is 3.58. The zero-order valence-electron chi connectivity index (χ0n) is 16.5. The van der Waals surface area contributed by atoms with Crippen molar-refractivity contribution in [2.45, 2.75) is 56.0 Å². The highest BCUT2D eigenvalue weighted by atomic mass is 32.2. The molecule has 1 aliphatic rings. The molecule has 1 aliphatic carbocycles. The summed E-state index contributed by atoms with van der Waals surface area (Å²) in [6.45, 7) is 1.99. The lowest BCUT2D eigenvalue weighted by molar-refractivity contribution is -0.129. The summed E-state index contributed by atoms with van der Waals surface area (Å²) >= 11 is 3.08. The molecule has 0 bridgehead atoms. The minimum Gasteiger partial charge on any atom is -0.345 e. The summed E-state index contributed by atoms with van der Waals surface area (Å²) in [5.74, 6) is 0.397. The van der Waals surface area contributed by atoms with E-state index in [4.69, 9.17) is 0 Å². The molecule has 2 aromatic rings. The van der Waals surface area contributed by atoms with Crippen LogP contribution in [0.25, 0.3) is 0 Å². The first-order valence-electron chi connectivity index (χ1n) is 9.88. The first-order chi connectivity index (χ1) is 13.6. The third kappa shape index (κ3) is 5.39.